The highest BCUT2D eigenvalue weighted by Gasteiger charge is 2.32. The van der Waals surface area contributed by atoms with Crippen LogP contribution in [0.5, 0.6) is 0 Å². The smallest absolute Gasteiger partial charge is 0.241 e. The van der Waals surface area contributed by atoms with Gasteiger partial charge >= 0.3 is 0 Å². The van der Waals surface area contributed by atoms with Gasteiger partial charge in [0.1, 0.15) is 6.17 Å². The van der Waals surface area contributed by atoms with Gasteiger partial charge < -0.3 is 16.4 Å². The van der Waals surface area contributed by atoms with E-state index in [0.717, 1.165) is 32.1 Å². The molecular weight excluding hydrogens is 232 g/mol. The van der Waals surface area contributed by atoms with Gasteiger partial charge in [-0.15, -0.1) is 0 Å². The first kappa shape index (κ1) is 15.0. The molecule has 18 heavy (non-hydrogen) atoms. The summed E-state index contributed by atoms with van der Waals surface area (Å²) in [7, 11) is 0. The van der Waals surface area contributed by atoms with Gasteiger partial charge in [-0.2, -0.15) is 5.11 Å². The number of likely N-dealkylation sites (tertiary alicyclic amines) is 1. The number of carbonyl (C=O) groups excluding carboxylic acids is 1. The van der Waals surface area contributed by atoms with Crippen LogP contribution in [0.2, 0.25) is 0 Å². The second kappa shape index (κ2) is 8.12. The van der Waals surface area contributed by atoms with Crippen molar-refractivity contribution in [3.63, 3.8) is 0 Å². The first-order valence-electron chi connectivity index (χ1n) is 6.55. The van der Waals surface area contributed by atoms with Gasteiger partial charge in [0.25, 0.3) is 0 Å². The van der Waals surface area contributed by atoms with E-state index < -0.39 is 0 Å². The topological polar surface area (TPSA) is 121 Å². The third kappa shape index (κ3) is 4.01. The van der Waals surface area contributed by atoms with Crippen molar-refractivity contribution in [1.82, 2.24) is 10.2 Å². The molecule has 0 aromatic heterocycles. The maximum Gasteiger partial charge on any atom is 0.241 e. The van der Waals surface area contributed by atoms with Crippen LogP contribution < -0.4 is 16.8 Å². The van der Waals surface area contributed by atoms with E-state index in [1.54, 1.807) is 4.90 Å². The highest BCUT2D eigenvalue weighted by atomic mass is 16.2. The second-order valence-electron chi connectivity index (χ2n) is 4.53. The van der Waals surface area contributed by atoms with Crippen molar-refractivity contribution in [2.24, 2.45) is 16.6 Å². The van der Waals surface area contributed by atoms with Crippen LogP contribution in [0.3, 0.4) is 0 Å². The van der Waals surface area contributed by atoms with Crippen LogP contribution in [0.25, 0.3) is 0 Å². The average molecular weight is 256 g/mol. The lowest BCUT2D eigenvalue weighted by atomic mass is 10.1. The lowest BCUT2D eigenvalue weighted by Crippen LogP contribution is -2.49. The van der Waals surface area contributed by atoms with E-state index in [0.29, 0.717) is 13.1 Å². The number of hydrogen-bond acceptors (Lipinski definition) is 6. The summed E-state index contributed by atoms with van der Waals surface area (Å²) in [6.45, 7) is 1.60. The maximum atomic E-state index is 12.3. The van der Waals surface area contributed by atoms with E-state index in [1.807, 2.05) is 0 Å². The molecule has 1 amide bonds. The quantitative estimate of drug-likeness (QED) is 0.277. The molecule has 2 unspecified atom stereocenters. The Bertz CT molecular complexity index is 272. The molecule has 0 aromatic rings. The highest BCUT2D eigenvalue weighted by molar-refractivity contribution is 5.82. The minimum atomic E-state index is -0.283. The monoisotopic (exact) mass is 256 g/mol. The van der Waals surface area contributed by atoms with Crippen LogP contribution in [0.1, 0.15) is 32.1 Å². The lowest BCUT2D eigenvalue weighted by molar-refractivity contribution is -0.134. The molecule has 0 aromatic carbocycles. The Kier molecular flexibility index (Phi) is 6.77. The number of rotatable bonds is 8. The van der Waals surface area contributed by atoms with Gasteiger partial charge in [-0.1, -0.05) is 6.42 Å². The van der Waals surface area contributed by atoms with Gasteiger partial charge in [-0.3, -0.25) is 10.1 Å². The van der Waals surface area contributed by atoms with Gasteiger partial charge in [-0.25, -0.2) is 5.53 Å². The Morgan fingerprint density at radius 3 is 2.89 bits per heavy atom. The summed E-state index contributed by atoms with van der Waals surface area (Å²) in [5.41, 5.74) is 18.0. The molecule has 1 aliphatic rings. The molecule has 1 rings (SSSR count). The van der Waals surface area contributed by atoms with Crippen molar-refractivity contribution in [2.45, 2.75) is 44.3 Å². The zero-order valence-corrected chi connectivity index (χ0v) is 10.8. The molecule has 1 saturated heterocycles. The van der Waals surface area contributed by atoms with Gasteiger partial charge in [0, 0.05) is 13.2 Å². The van der Waals surface area contributed by atoms with E-state index in [4.69, 9.17) is 17.0 Å². The van der Waals surface area contributed by atoms with Crippen molar-refractivity contribution in [1.29, 1.82) is 5.53 Å². The third-order valence-electron chi connectivity index (χ3n) is 3.26. The van der Waals surface area contributed by atoms with E-state index >= 15 is 0 Å². The van der Waals surface area contributed by atoms with Crippen LogP contribution in [-0.4, -0.2) is 42.8 Å². The molecule has 1 aliphatic heterocycles. The van der Waals surface area contributed by atoms with Crippen LogP contribution in [0, 0.1) is 5.53 Å². The summed E-state index contributed by atoms with van der Waals surface area (Å²) < 4.78 is 0. The predicted octanol–water partition coefficient (Wildman–Crippen LogP) is -0.0307. The number of amides is 1. The van der Waals surface area contributed by atoms with Crippen molar-refractivity contribution in [2.75, 3.05) is 19.8 Å². The Hall–Kier alpha value is -1.05. The zero-order chi connectivity index (χ0) is 13.4. The zero-order valence-electron chi connectivity index (χ0n) is 10.8. The average Bonchev–Trinajstić information content (AvgIpc) is 2.85. The van der Waals surface area contributed by atoms with Crippen molar-refractivity contribution in [3.05, 3.63) is 0 Å². The normalized spacial score (nSPS) is 21.0. The summed E-state index contributed by atoms with van der Waals surface area (Å²) in [6.07, 6.45) is 3.95. The number of nitrogens with zero attached hydrogens (tertiary/aromatic N) is 2. The highest BCUT2D eigenvalue weighted by Crippen LogP contribution is 2.20. The Balaban J connectivity index is 2.54. The molecule has 2 atom stereocenters. The maximum absolute atomic E-state index is 12.3. The van der Waals surface area contributed by atoms with Crippen LogP contribution >= 0.6 is 0 Å². The SMILES string of the molecule is N=NC1CCCN1C(=O)C(CCCCN)NCN. The van der Waals surface area contributed by atoms with Gasteiger partial charge in [0.15, 0.2) is 0 Å². The molecule has 7 nitrogen and oxygen atoms in total. The molecule has 0 aliphatic carbocycles. The fraction of sp³-hybridized carbons (Fsp3) is 0.909. The van der Waals surface area contributed by atoms with E-state index in [-0.39, 0.29) is 24.8 Å². The largest absolute Gasteiger partial charge is 0.330 e. The third-order valence-corrected chi connectivity index (χ3v) is 3.26. The molecule has 0 radical (unpaired) electrons. The lowest BCUT2D eigenvalue weighted by Gasteiger charge is -2.26. The van der Waals surface area contributed by atoms with E-state index in [2.05, 4.69) is 10.4 Å². The second-order valence-corrected chi connectivity index (χ2v) is 4.53. The summed E-state index contributed by atoms with van der Waals surface area (Å²) in [6, 6.07) is -0.274. The summed E-state index contributed by atoms with van der Waals surface area (Å²) in [5.74, 6) is 0.0102. The Morgan fingerprint density at radius 1 is 1.50 bits per heavy atom. The first-order valence-corrected chi connectivity index (χ1v) is 6.55. The predicted molar refractivity (Wildman–Crippen MR) is 68.8 cm³/mol. The molecule has 0 bridgehead atoms. The van der Waals surface area contributed by atoms with Gasteiger partial charge in [-0.05, 0) is 32.2 Å². The minimum absolute atomic E-state index is 0.0102. The molecule has 1 fully saturated rings. The van der Waals surface area contributed by atoms with E-state index in [9.17, 15) is 4.79 Å². The van der Waals surface area contributed by atoms with Crippen molar-refractivity contribution < 1.29 is 4.79 Å². The standard InChI is InChI=1S/C11H24N6O/c12-6-2-1-4-9(15-8-13)11(18)17-7-3-5-10(17)16-14/h9-10,14-15H,1-8,12-13H2. The summed E-state index contributed by atoms with van der Waals surface area (Å²) in [5, 5.41) is 6.51. The minimum Gasteiger partial charge on any atom is -0.330 e. The summed E-state index contributed by atoms with van der Waals surface area (Å²) >= 11 is 0. The molecule has 0 spiro atoms. The molecule has 0 saturated carbocycles. The number of carbonyl (C=O) groups is 1. The Morgan fingerprint density at radius 2 is 2.28 bits per heavy atom. The summed E-state index contributed by atoms with van der Waals surface area (Å²) in [4.78, 5) is 14.0. The molecule has 7 heteroatoms. The fourth-order valence-electron chi connectivity index (χ4n) is 2.29. The molecule has 6 N–H and O–H groups in total. The van der Waals surface area contributed by atoms with Crippen LogP contribution in [0.4, 0.5) is 0 Å². The number of nitrogens with one attached hydrogen (secondary N) is 2. The number of nitrogens with two attached hydrogens (primary N) is 2. The molecule has 1 heterocycles. The Labute approximate surface area is 108 Å². The molecule has 104 valence electrons. The number of hydrogen-bond donors (Lipinski definition) is 4. The van der Waals surface area contributed by atoms with Gasteiger partial charge in [0.2, 0.25) is 5.91 Å². The van der Waals surface area contributed by atoms with Gasteiger partial charge in [0.05, 0.1) is 6.04 Å². The molecular formula is C11H24N6O. The fourth-order valence-corrected chi connectivity index (χ4v) is 2.29. The van der Waals surface area contributed by atoms with E-state index in [1.165, 1.54) is 0 Å². The van der Waals surface area contributed by atoms with Crippen LogP contribution in [0.15, 0.2) is 5.11 Å². The number of unbranched alkanes of at least 4 members (excludes halogenated alkanes) is 1. The van der Waals surface area contributed by atoms with Crippen molar-refractivity contribution >= 4 is 5.91 Å². The van der Waals surface area contributed by atoms with Crippen LogP contribution in [-0.2, 0) is 4.79 Å². The first-order chi connectivity index (χ1) is 8.74. The van der Waals surface area contributed by atoms with Crippen molar-refractivity contribution in [3.8, 4) is 0 Å².